The summed E-state index contributed by atoms with van der Waals surface area (Å²) in [6.45, 7) is 4.60. The van der Waals surface area contributed by atoms with Crippen LogP contribution < -0.4 is 19.9 Å². The molecule has 0 bridgehead atoms. The molecule has 0 radical (unpaired) electrons. The molecule has 9 heteroatoms. The zero-order chi connectivity index (χ0) is 16.2. The molecule has 2 aliphatic heterocycles. The molecule has 1 aromatic heterocycles. The van der Waals surface area contributed by atoms with Gasteiger partial charge in [0.1, 0.15) is 17.6 Å². The third kappa shape index (κ3) is 3.44. The molecule has 2 fully saturated rings. The maximum atomic E-state index is 11.5. The van der Waals surface area contributed by atoms with Crippen LogP contribution in [0, 0.1) is 11.3 Å². The lowest BCUT2D eigenvalue weighted by Gasteiger charge is -2.32. The molecule has 124 valence electrons. The number of nitriles is 1. The largest absolute Gasteiger partial charge is 0.616 e. The summed E-state index contributed by atoms with van der Waals surface area (Å²) in [5, 5.41) is 12.8. The van der Waals surface area contributed by atoms with Crippen LogP contribution >= 0.6 is 0 Å². The van der Waals surface area contributed by atoms with E-state index in [0.29, 0.717) is 47.8 Å². The minimum absolute atomic E-state index is 0.303. The van der Waals surface area contributed by atoms with E-state index in [1.54, 1.807) is 0 Å². The molecule has 0 atom stereocenters. The molecule has 0 aliphatic carbocycles. The third-order valence-corrected chi connectivity index (χ3v) is 5.30. The van der Waals surface area contributed by atoms with Crippen LogP contribution in [0.3, 0.4) is 0 Å². The van der Waals surface area contributed by atoms with Crippen molar-refractivity contribution >= 4 is 22.9 Å². The molecule has 2 saturated heterocycles. The Hall–Kier alpha value is -1.76. The summed E-state index contributed by atoms with van der Waals surface area (Å²) in [4.78, 5) is 13.1. The van der Waals surface area contributed by atoms with E-state index >= 15 is 0 Å². The predicted molar refractivity (Wildman–Crippen MR) is 88.5 cm³/mol. The summed E-state index contributed by atoms with van der Waals surface area (Å²) >= 11 is -0.757. The van der Waals surface area contributed by atoms with Crippen molar-refractivity contribution in [3.8, 4) is 11.9 Å². The fraction of sp³-hybridized carbons (Fsp3) is 0.643. The van der Waals surface area contributed by atoms with Gasteiger partial charge in [0.15, 0.2) is 11.4 Å². The van der Waals surface area contributed by atoms with Gasteiger partial charge < -0.3 is 24.4 Å². The molecule has 0 amide bonds. The number of methoxy groups -OCH3 is 1. The van der Waals surface area contributed by atoms with Crippen molar-refractivity contribution < 1.29 is 9.29 Å². The molecule has 8 nitrogen and oxygen atoms in total. The summed E-state index contributed by atoms with van der Waals surface area (Å²) in [6, 6.07) is 2.17. The van der Waals surface area contributed by atoms with E-state index in [-0.39, 0.29) is 0 Å². The number of nitrogens with one attached hydrogen (secondary N) is 1. The molecule has 3 heterocycles. The van der Waals surface area contributed by atoms with Crippen LogP contribution in [-0.2, 0) is 11.2 Å². The topological polar surface area (TPSA) is 100 Å². The second-order valence-electron chi connectivity index (χ2n) is 5.42. The van der Waals surface area contributed by atoms with Crippen LogP contribution in [0.15, 0.2) is 0 Å². The standard InChI is InChI=1S/C14H20N6O2S/c1-22-13-11(10-15)12(19-4-2-16-3-5-19)17-14(18-13)20-6-8-23(21)9-7-20/h16H,2-9H2,1H3. The van der Waals surface area contributed by atoms with Gasteiger partial charge >= 0.3 is 0 Å². The lowest BCUT2D eigenvalue weighted by molar-refractivity contribution is 0.395. The van der Waals surface area contributed by atoms with Crippen molar-refractivity contribution in [1.29, 1.82) is 5.26 Å². The number of ether oxygens (including phenoxy) is 1. The van der Waals surface area contributed by atoms with Crippen LogP contribution in [0.2, 0.25) is 0 Å². The molecule has 1 N–H and O–H groups in total. The summed E-state index contributed by atoms with van der Waals surface area (Å²) < 4.78 is 16.9. The molecule has 2 aliphatic rings. The lowest BCUT2D eigenvalue weighted by atomic mass is 10.2. The first-order valence-electron chi connectivity index (χ1n) is 7.64. The number of aromatic nitrogens is 2. The Morgan fingerprint density at radius 1 is 1.17 bits per heavy atom. The maximum Gasteiger partial charge on any atom is 0.238 e. The summed E-state index contributed by atoms with van der Waals surface area (Å²) in [6.07, 6.45) is 0. The molecule has 0 unspecified atom stereocenters. The molecular weight excluding hydrogens is 316 g/mol. The van der Waals surface area contributed by atoms with Crippen LogP contribution in [0.5, 0.6) is 5.88 Å². The highest BCUT2D eigenvalue weighted by Crippen LogP contribution is 2.29. The van der Waals surface area contributed by atoms with E-state index in [1.165, 1.54) is 7.11 Å². The number of hydrogen-bond acceptors (Lipinski definition) is 8. The van der Waals surface area contributed by atoms with Gasteiger partial charge in [-0.05, 0) is 0 Å². The van der Waals surface area contributed by atoms with Crippen molar-refractivity contribution in [2.24, 2.45) is 0 Å². The molecule has 3 rings (SSSR count). The number of nitrogens with zero attached hydrogens (tertiary/aromatic N) is 5. The van der Waals surface area contributed by atoms with Crippen molar-refractivity contribution in [3.05, 3.63) is 5.56 Å². The number of piperazine rings is 1. The van der Waals surface area contributed by atoms with Gasteiger partial charge in [0, 0.05) is 26.2 Å². The second kappa shape index (κ2) is 7.21. The first-order valence-corrected chi connectivity index (χ1v) is 9.13. The van der Waals surface area contributed by atoms with Crippen molar-refractivity contribution in [3.63, 3.8) is 0 Å². The number of rotatable bonds is 3. The Kier molecular flexibility index (Phi) is 5.05. The fourth-order valence-electron chi connectivity index (χ4n) is 2.75. The third-order valence-electron chi connectivity index (χ3n) is 4.03. The molecule has 0 spiro atoms. The van der Waals surface area contributed by atoms with Gasteiger partial charge in [0.05, 0.1) is 20.2 Å². The van der Waals surface area contributed by atoms with E-state index in [0.717, 1.165) is 26.2 Å². The highest BCUT2D eigenvalue weighted by molar-refractivity contribution is 7.91. The molecule has 23 heavy (non-hydrogen) atoms. The number of hydrogen-bond donors (Lipinski definition) is 1. The van der Waals surface area contributed by atoms with Crippen molar-refractivity contribution in [1.82, 2.24) is 15.3 Å². The Balaban J connectivity index is 1.95. The number of anilines is 2. The van der Waals surface area contributed by atoms with Gasteiger partial charge in [-0.25, -0.2) is 0 Å². The summed E-state index contributed by atoms with van der Waals surface area (Å²) in [7, 11) is 1.51. The van der Waals surface area contributed by atoms with Crippen molar-refractivity contribution in [2.75, 3.05) is 67.7 Å². The van der Waals surface area contributed by atoms with Gasteiger partial charge in [-0.2, -0.15) is 15.2 Å². The van der Waals surface area contributed by atoms with Gasteiger partial charge in [0.25, 0.3) is 0 Å². The van der Waals surface area contributed by atoms with Gasteiger partial charge in [-0.15, -0.1) is 0 Å². The second-order valence-corrected chi connectivity index (χ2v) is 7.11. The van der Waals surface area contributed by atoms with E-state index in [9.17, 15) is 9.81 Å². The zero-order valence-corrected chi connectivity index (χ0v) is 13.9. The minimum atomic E-state index is -0.757. The summed E-state index contributed by atoms with van der Waals surface area (Å²) in [5.41, 5.74) is 0.374. The normalized spacial score (nSPS) is 19.5. The maximum absolute atomic E-state index is 11.5. The molecule has 0 saturated carbocycles. The van der Waals surface area contributed by atoms with Crippen LogP contribution in [0.25, 0.3) is 0 Å². The highest BCUT2D eigenvalue weighted by atomic mass is 32.2. The molecule has 0 aromatic carbocycles. The predicted octanol–water partition coefficient (Wildman–Crippen LogP) is -0.665. The van der Waals surface area contributed by atoms with E-state index in [1.807, 2.05) is 4.90 Å². The average molecular weight is 336 g/mol. The van der Waals surface area contributed by atoms with Gasteiger partial charge in [-0.1, -0.05) is 11.2 Å². The average Bonchev–Trinajstić information content (AvgIpc) is 2.62. The van der Waals surface area contributed by atoms with Gasteiger partial charge in [-0.3, -0.25) is 0 Å². The lowest BCUT2D eigenvalue weighted by Crippen LogP contribution is -2.45. The van der Waals surface area contributed by atoms with Crippen LogP contribution in [0.4, 0.5) is 11.8 Å². The van der Waals surface area contributed by atoms with Crippen molar-refractivity contribution in [2.45, 2.75) is 0 Å². The Morgan fingerprint density at radius 2 is 1.87 bits per heavy atom. The first-order chi connectivity index (χ1) is 11.2. The fourth-order valence-corrected chi connectivity index (χ4v) is 3.80. The Labute approximate surface area is 138 Å². The van der Waals surface area contributed by atoms with E-state index in [4.69, 9.17) is 4.74 Å². The smallest absolute Gasteiger partial charge is 0.238 e. The monoisotopic (exact) mass is 336 g/mol. The SMILES string of the molecule is COc1nc(N2CC[S+]([O-])CC2)nc(N2CCNCC2)c1C#N. The molecule has 1 aromatic rings. The summed E-state index contributed by atoms with van der Waals surface area (Å²) in [5.74, 6) is 2.72. The molecular formula is C14H20N6O2S. The van der Waals surface area contributed by atoms with E-state index < -0.39 is 11.2 Å². The van der Waals surface area contributed by atoms with E-state index in [2.05, 4.69) is 26.3 Å². The van der Waals surface area contributed by atoms with Crippen LogP contribution in [-0.4, -0.2) is 72.4 Å². The highest BCUT2D eigenvalue weighted by Gasteiger charge is 2.26. The first kappa shape index (κ1) is 16.1. The van der Waals surface area contributed by atoms with Gasteiger partial charge in [0.2, 0.25) is 11.8 Å². The Bertz CT molecular complexity index is 594. The minimum Gasteiger partial charge on any atom is -0.616 e. The quantitative estimate of drug-likeness (QED) is 0.726. The zero-order valence-electron chi connectivity index (χ0n) is 13.1. The Morgan fingerprint density at radius 3 is 2.48 bits per heavy atom. The van der Waals surface area contributed by atoms with Crippen LogP contribution in [0.1, 0.15) is 5.56 Å².